The number of aromatic nitrogens is 1. The SMILES string of the molecule is Cc1onc(C(C)C)c1C(=O)N1CCCN(CC(C)C)CCCN(C(=O)CC(C)C)c2ccc(F)cc2C1. The number of aryl methyl sites for hydroxylation is 1. The van der Waals surface area contributed by atoms with Gasteiger partial charge in [-0.25, -0.2) is 4.39 Å². The maximum Gasteiger partial charge on any atom is 0.259 e. The maximum absolute atomic E-state index is 14.6. The number of halogens is 1. The van der Waals surface area contributed by atoms with Crippen molar-refractivity contribution in [2.75, 3.05) is 37.6 Å². The second-order valence-electron chi connectivity index (χ2n) is 11.7. The highest BCUT2D eigenvalue weighted by Crippen LogP contribution is 2.29. The minimum Gasteiger partial charge on any atom is -0.361 e. The van der Waals surface area contributed by atoms with Gasteiger partial charge in [0.2, 0.25) is 5.91 Å². The molecule has 210 valence electrons. The fourth-order valence-electron chi connectivity index (χ4n) is 5.19. The van der Waals surface area contributed by atoms with Crippen LogP contribution in [0.15, 0.2) is 22.7 Å². The van der Waals surface area contributed by atoms with Crippen LogP contribution in [0.4, 0.5) is 10.1 Å². The van der Waals surface area contributed by atoms with Crippen LogP contribution in [0.25, 0.3) is 0 Å². The van der Waals surface area contributed by atoms with Gasteiger partial charge in [0.1, 0.15) is 17.1 Å². The Hall–Kier alpha value is -2.74. The molecule has 7 nitrogen and oxygen atoms in total. The second kappa shape index (κ2) is 13.4. The highest BCUT2D eigenvalue weighted by molar-refractivity contribution is 5.97. The standard InChI is InChI=1S/C30H45FN4O3/c1-20(2)16-27(36)35-15-9-13-33(18-21(3)4)12-8-14-34(19-24-17-25(31)10-11-26(24)35)30(37)28-23(7)38-32-29(28)22(5)6/h10-11,17,20-22H,8-9,12-16,18-19H2,1-7H3. The van der Waals surface area contributed by atoms with Gasteiger partial charge in [-0.05, 0) is 74.4 Å². The first-order valence-electron chi connectivity index (χ1n) is 14.0. The van der Waals surface area contributed by atoms with E-state index in [2.05, 4.69) is 23.9 Å². The Bertz CT molecular complexity index is 1100. The van der Waals surface area contributed by atoms with Crippen LogP contribution < -0.4 is 4.90 Å². The second-order valence-corrected chi connectivity index (χ2v) is 11.7. The fraction of sp³-hybridized carbons (Fsp3) is 0.633. The number of amides is 2. The number of nitrogens with zero attached hydrogens (tertiary/aromatic N) is 4. The van der Waals surface area contributed by atoms with E-state index in [0.29, 0.717) is 53.7 Å². The van der Waals surface area contributed by atoms with Gasteiger partial charge < -0.3 is 19.2 Å². The van der Waals surface area contributed by atoms with Crippen LogP contribution >= 0.6 is 0 Å². The van der Waals surface area contributed by atoms with Crippen LogP contribution in [0.1, 0.15) is 94.1 Å². The molecule has 2 amide bonds. The predicted molar refractivity (Wildman–Crippen MR) is 149 cm³/mol. The highest BCUT2D eigenvalue weighted by Gasteiger charge is 2.29. The van der Waals surface area contributed by atoms with Gasteiger partial charge in [0.25, 0.3) is 5.91 Å². The van der Waals surface area contributed by atoms with E-state index in [4.69, 9.17) is 4.52 Å². The van der Waals surface area contributed by atoms with Crippen molar-refractivity contribution in [1.29, 1.82) is 0 Å². The smallest absolute Gasteiger partial charge is 0.259 e. The Morgan fingerprint density at radius 2 is 1.68 bits per heavy atom. The molecule has 2 aromatic rings. The zero-order valence-electron chi connectivity index (χ0n) is 24.2. The van der Waals surface area contributed by atoms with E-state index >= 15 is 0 Å². The first-order chi connectivity index (χ1) is 18.0. The van der Waals surface area contributed by atoms with E-state index in [1.54, 1.807) is 22.8 Å². The number of benzene rings is 1. The zero-order chi connectivity index (χ0) is 28.0. The summed E-state index contributed by atoms with van der Waals surface area (Å²) in [6.07, 6.45) is 2.03. The van der Waals surface area contributed by atoms with Crippen LogP contribution in [-0.2, 0) is 11.3 Å². The number of rotatable bonds is 6. The lowest BCUT2D eigenvalue weighted by molar-refractivity contribution is -0.119. The lowest BCUT2D eigenvalue weighted by Gasteiger charge is -2.32. The van der Waals surface area contributed by atoms with E-state index in [-0.39, 0.29) is 36.0 Å². The van der Waals surface area contributed by atoms with Crippen molar-refractivity contribution in [3.63, 3.8) is 0 Å². The average molecular weight is 529 g/mol. The topological polar surface area (TPSA) is 69.9 Å². The van der Waals surface area contributed by atoms with Crippen molar-refractivity contribution in [3.8, 4) is 0 Å². The van der Waals surface area contributed by atoms with Crippen molar-refractivity contribution in [3.05, 3.63) is 46.6 Å². The third-order valence-corrected chi connectivity index (χ3v) is 6.90. The van der Waals surface area contributed by atoms with Gasteiger partial charge in [-0.15, -0.1) is 0 Å². The lowest BCUT2D eigenvalue weighted by Crippen LogP contribution is -2.40. The molecule has 1 aliphatic rings. The van der Waals surface area contributed by atoms with E-state index in [1.807, 2.05) is 27.7 Å². The van der Waals surface area contributed by atoms with Crippen molar-refractivity contribution < 1.29 is 18.5 Å². The molecule has 0 N–H and O–H groups in total. The van der Waals surface area contributed by atoms with Crippen molar-refractivity contribution in [2.45, 2.75) is 80.2 Å². The van der Waals surface area contributed by atoms with Gasteiger partial charge in [-0.2, -0.15) is 0 Å². The summed E-state index contributed by atoms with van der Waals surface area (Å²) in [6.45, 7) is 18.1. The summed E-state index contributed by atoms with van der Waals surface area (Å²) in [4.78, 5) is 33.4. The minimum absolute atomic E-state index is 0.0225. The molecule has 0 saturated heterocycles. The molecule has 0 saturated carbocycles. The van der Waals surface area contributed by atoms with E-state index in [0.717, 1.165) is 32.5 Å². The van der Waals surface area contributed by atoms with Crippen molar-refractivity contribution in [1.82, 2.24) is 15.0 Å². The molecule has 0 spiro atoms. The van der Waals surface area contributed by atoms with Crippen LogP contribution in [0.5, 0.6) is 0 Å². The molecule has 8 heteroatoms. The Labute approximate surface area is 227 Å². The molecule has 1 aromatic heterocycles. The third kappa shape index (κ3) is 7.65. The van der Waals surface area contributed by atoms with Crippen LogP contribution in [0.2, 0.25) is 0 Å². The van der Waals surface area contributed by atoms with Gasteiger partial charge in [0.15, 0.2) is 0 Å². The monoisotopic (exact) mass is 528 g/mol. The van der Waals surface area contributed by atoms with Gasteiger partial charge in [0, 0.05) is 38.3 Å². The van der Waals surface area contributed by atoms with Gasteiger partial charge in [-0.1, -0.05) is 46.7 Å². The Morgan fingerprint density at radius 3 is 2.32 bits per heavy atom. The quantitative estimate of drug-likeness (QED) is 0.459. The summed E-state index contributed by atoms with van der Waals surface area (Å²) in [7, 11) is 0. The Balaban J connectivity index is 2.06. The van der Waals surface area contributed by atoms with Crippen LogP contribution in [0, 0.1) is 24.6 Å². The molecule has 38 heavy (non-hydrogen) atoms. The summed E-state index contributed by atoms with van der Waals surface area (Å²) in [5, 5.41) is 4.16. The van der Waals surface area contributed by atoms with Crippen molar-refractivity contribution >= 4 is 17.5 Å². The zero-order valence-corrected chi connectivity index (χ0v) is 24.2. The first kappa shape index (κ1) is 29.8. The number of hydrogen-bond acceptors (Lipinski definition) is 5. The molecule has 0 unspecified atom stereocenters. The number of carbonyl (C=O) groups excluding carboxylic acids is 2. The summed E-state index contributed by atoms with van der Waals surface area (Å²) in [6, 6.07) is 4.55. The Kier molecular flexibility index (Phi) is 10.5. The van der Waals surface area contributed by atoms with E-state index < -0.39 is 0 Å². The molecular formula is C30H45FN4O3. The third-order valence-electron chi connectivity index (χ3n) is 6.90. The maximum atomic E-state index is 14.6. The first-order valence-corrected chi connectivity index (χ1v) is 14.0. The summed E-state index contributed by atoms with van der Waals surface area (Å²) < 4.78 is 20.0. The molecule has 2 heterocycles. The molecule has 0 radical (unpaired) electrons. The van der Waals surface area contributed by atoms with Crippen molar-refractivity contribution in [2.24, 2.45) is 11.8 Å². The van der Waals surface area contributed by atoms with E-state index in [1.165, 1.54) is 12.1 Å². The van der Waals surface area contributed by atoms with E-state index in [9.17, 15) is 14.0 Å². The molecule has 3 rings (SSSR count). The fourth-order valence-corrected chi connectivity index (χ4v) is 5.19. The summed E-state index contributed by atoms with van der Waals surface area (Å²) in [5.41, 5.74) is 2.43. The highest BCUT2D eigenvalue weighted by atomic mass is 19.1. The number of anilines is 1. The number of carbonyl (C=O) groups is 2. The summed E-state index contributed by atoms with van der Waals surface area (Å²) >= 11 is 0. The minimum atomic E-state index is -0.383. The molecule has 0 atom stereocenters. The number of hydrogen-bond donors (Lipinski definition) is 0. The van der Waals surface area contributed by atoms with Gasteiger partial charge in [0.05, 0.1) is 5.69 Å². The summed E-state index contributed by atoms with van der Waals surface area (Å²) in [5.74, 6) is 0.691. The Morgan fingerprint density at radius 1 is 1.00 bits per heavy atom. The van der Waals surface area contributed by atoms with Gasteiger partial charge >= 0.3 is 0 Å². The molecular weight excluding hydrogens is 483 g/mol. The largest absolute Gasteiger partial charge is 0.361 e. The molecule has 0 fully saturated rings. The molecule has 0 aliphatic carbocycles. The normalized spacial score (nSPS) is 16.1. The average Bonchev–Trinajstić information content (AvgIpc) is 3.21. The van der Waals surface area contributed by atoms with Gasteiger partial charge in [-0.3, -0.25) is 9.59 Å². The lowest BCUT2D eigenvalue weighted by atomic mass is 10.0. The number of fused-ring (bicyclic) bond motifs is 1. The molecule has 0 bridgehead atoms. The van der Waals surface area contributed by atoms with Crippen LogP contribution in [0.3, 0.4) is 0 Å². The predicted octanol–water partition coefficient (Wildman–Crippen LogP) is 6.02. The van der Waals surface area contributed by atoms with Crippen LogP contribution in [-0.4, -0.2) is 59.5 Å². The molecule has 1 aromatic carbocycles. The molecule has 1 aliphatic heterocycles.